The summed E-state index contributed by atoms with van der Waals surface area (Å²) in [5.41, 5.74) is 1.37. The van der Waals surface area contributed by atoms with Crippen LogP contribution >= 0.6 is 0 Å². The lowest BCUT2D eigenvalue weighted by atomic mass is 10.2. The first kappa shape index (κ1) is 15.7. The van der Waals surface area contributed by atoms with Crippen LogP contribution in [0.5, 0.6) is 11.5 Å². The number of ether oxygens (including phenoxy) is 2. The van der Waals surface area contributed by atoms with Crippen molar-refractivity contribution in [2.24, 2.45) is 0 Å². The van der Waals surface area contributed by atoms with Crippen LogP contribution in [0.1, 0.15) is 15.9 Å². The van der Waals surface area contributed by atoms with Crippen LogP contribution in [0.15, 0.2) is 78.9 Å². The number of carbonyl (C=O) groups excluding carboxylic acids is 1. The van der Waals surface area contributed by atoms with Crippen LogP contribution in [-0.4, -0.2) is 5.97 Å². The molecule has 0 aliphatic rings. The molecule has 0 saturated carbocycles. The molecule has 0 radical (unpaired) electrons. The molecule has 24 heavy (non-hydrogen) atoms. The van der Waals surface area contributed by atoms with E-state index in [-0.39, 0.29) is 0 Å². The fourth-order valence-electron chi connectivity index (χ4n) is 2.10. The Morgan fingerprint density at radius 3 is 2.08 bits per heavy atom. The van der Waals surface area contributed by atoms with Crippen LogP contribution < -0.4 is 9.47 Å². The molecule has 0 heterocycles. The maximum absolute atomic E-state index is 12.9. The van der Waals surface area contributed by atoms with Crippen LogP contribution in [0.25, 0.3) is 0 Å². The van der Waals surface area contributed by atoms with Gasteiger partial charge >= 0.3 is 5.97 Å². The predicted molar refractivity (Wildman–Crippen MR) is 88.6 cm³/mol. The van der Waals surface area contributed by atoms with Crippen molar-refractivity contribution >= 4 is 5.97 Å². The van der Waals surface area contributed by atoms with Crippen molar-refractivity contribution in [3.8, 4) is 11.5 Å². The van der Waals surface area contributed by atoms with Gasteiger partial charge in [0.1, 0.15) is 23.9 Å². The minimum atomic E-state index is -0.534. The van der Waals surface area contributed by atoms with E-state index in [1.807, 2.05) is 30.3 Å². The van der Waals surface area contributed by atoms with Crippen molar-refractivity contribution in [3.05, 3.63) is 95.8 Å². The van der Waals surface area contributed by atoms with Crippen molar-refractivity contribution in [3.63, 3.8) is 0 Å². The molecule has 0 amide bonds. The van der Waals surface area contributed by atoms with E-state index in [4.69, 9.17) is 9.47 Å². The molecule has 0 aromatic heterocycles. The summed E-state index contributed by atoms with van der Waals surface area (Å²) in [6.45, 7) is 0.468. The van der Waals surface area contributed by atoms with Gasteiger partial charge in [-0.25, -0.2) is 9.18 Å². The van der Waals surface area contributed by atoms with Gasteiger partial charge in [-0.2, -0.15) is 0 Å². The first-order valence-corrected chi connectivity index (χ1v) is 7.45. The fraction of sp³-hybridized carbons (Fsp3) is 0.0500. The summed E-state index contributed by atoms with van der Waals surface area (Å²) >= 11 is 0. The smallest absolute Gasteiger partial charge is 0.343 e. The van der Waals surface area contributed by atoms with Crippen LogP contribution in [0.4, 0.5) is 4.39 Å². The SMILES string of the molecule is O=C(Oc1ccc(OCc2ccccc2)cc1)c1ccc(F)cc1. The monoisotopic (exact) mass is 322 g/mol. The third-order valence-corrected chi connectivity index (χ3v) is 3.36. The quantitative estimate of drug-likeness (QED) is 0.508. The Morgan fingerprint density at radius 2 is 1.42 bits per heavy atom. The highest BCUT2D eigenvalue weighted by Gasteiger charge is 2.08. The second-order valence-corrected chi connectivity index (χ2v) is 5.14. The molecule has 0 fully saturated rings. The van der Waals surface area contributed by atoms with E-state index < -0.39 is 11.8 Å². The lowest BCUT2D eigenvalue weighted by Crippen LogP contribution is -2.08. The molecule has 0 aliphatic carbocycles. The highest BCUT2D eigenvalue weighted by atomic mass is 19.1. The first-order chi connectivity index (χ1) is 11.7. The normalized spacial score (nSPS) is 10.2. The number of halogens is 1. The second kappa shape index (κ2) is 7.42. The van der Waals surface area contributed by atoms with Crippen LogP contribution in [-0.2, 0) is 6.61 Å². The molecule has 3 aromatic rings. The maximum atomic E-state index is 12.9. The van der Waals surface area contributed by atoms with E-state index in [0.29, 0.717) is 23.7 Å². The summed E-state index contributed by atoms with van der Waals surface area (Å²) < 4.78 is 23.8. The Kier molecular flexibility index (Phi) is 4.87. The minimum absolute atomic E-state index is 0.292. The molecule has 0 N–H and O–H groups in total. The molecule has 0 spiro atoms. The van der Waals surface area contributed by atoms with Gasteiger partial charge in [0, 0.05) is 0 Å². The van der Waals surface area contributed by atoms with Crippen LogP contribution in [0, 0.1) is 5.82 Å². The Hall–Kier alpha value is -3.14. The summed E-state index contributed by atoms with van der Waals surface area (Å²) in [5.74, 6) is 0.149. The van der Waals surface area contributed by atoms with Crippen LogP contribution in [0.3, 0.4) is 0 Å². The van der Waals surface area contributed by atoms with Gasteiger partial charge in [0.25, 0.3) is 0 Å². The van der Waals surface area contributed by atoms with Gasteiger partial charge < -0.3 is 9.47 Å². The van der Waals surface area contributed by atoms with Crippen molar-refractivity contribution in [1.82, 2.24) is 0 Å². The zero-order valence-corrected chi connectivity index (χ0v) is 12.8. The van der Waals surface area contributed by atoms with Gasteiger partial charge in [0.2, 0.25) is 0 Å². The van der Waals surface area contributed by atoms with E-state index in [9.17, 15) is 9.18 Å². The topological polar surface area (TPSA) is 35.5 Å². The van der Waals surface area contributed by atoms with Gasteiger partial charge in [-0.3, -0.25) is 0 Å². The zero-order valence-electron chi connectivity index (χ0n) is 12.8. The highest BCUT2D eigenvalue weighted by molar-refractivity contribution is 5.90. The van der Waals surface area contributed by atoms with E-state index in [0.717, 1.165) is 5.56 Å². The molecule has 3 aromatic carbocycles. The standard InChI is InChI=1S/C20H15FO3/c21-17-8-6-16(7-9-17)20(22)24-19-12-10-18(11-13-19)23-14-15-4-2-1-3-5-15/h1-13H,14H2. The van der Waals surface area contributed by atoms with Crippen molar-refractivity contribution < 1.29 is 18.7 Å². The molecule has 0 unspecified atom stereocenters. The first-order valence-electron chi connectivity index (χ1n) is 7.45. The summed E-state index contributed by atoms with van der Waals surface area (Å²) in [7, 11) is 0. The van der Waals surface area contributed by atoms with Gasteiger partial charge in [-0.1, -0.05) is 30.3 Å². The van der Waals surface area contributed by atoms with E-state index in [1.165, 1.54) is 24.3 Å². The molecular weight excluding hydrogens is 307 g/mol. The largest absolute Gasteiger partial charge is 0.489 e. The number of rotatable bonds is 5. The van der Waals surface area contributed by atoms with Gasteiger partial charge in [-0.15, -0.1) is 0 Å². The van der Waals surface area contributed by atoms with E-state index in [2.05, 4.69) is 0 Å². The lowest BCUT2D eigenvalue weighted by Gasteiger charge is -2.08. The number of benzene rings is 3. The van der Waals surface area contributed by atoms with E-state index in [1.54, 1.807) is 24.3 Å². The van der Waals surface area contributed by atoms with Gasteiger partial charge in [0.05, 0.1) is 5.56 Å². The molecule has 3 rings (SSSR count). The third kappa shape index (κ3) is 4.20. The highest BCUT2D eigenvalue weighted by Crippen LogP contribution is 2.20. The summed E-state index contributed by atoms with van der Waals surface area (Å²) in [6, 6.07) is 21.8. The summed E-state index contributed by atoms with van der Waals surface area (Å²) in [5, 5.41) is 0. The molecule has 0 bridgehead atoms. The number of esters is 1. The molecule has 4 heteroatoms. The molecule has 0 saturated heterocycles. The molecule has 0 aliphatic heterocycles. The number of carbonyl (C=O) groups is 1. The van der Waals surface area contributed by atoms with E-state index >= 15 is 0 Å². The van der Waals surface area contributed by atoms with Gasteiger partial charge in [0.15, 0.2) is 0 Å². The van der Waals surface area contributed by atoms with Crippen molar-refractivity contribution in [1.29, 1.82) is 0 Å². The van der Waals surface area contributed by atoms with Crippen LogP contribution in [0.2, 0.25) is 0 Å². The molecule has 3 nitrogen and oxygen atoms in total. The van der Waals surface area contributed by atoms with Crippen molar-refractivity contribution in [2.45, 2.75) is 6.61 Å². The lowest BCUT2D eigenvalue weighted by molar-refractivity contribution is 0.0734. The second-order valence-electron chi connectivity index (χ2n) is 5.14. The third-order valence-electron chi connectivity index (χ3n) is 3.36. The van der Waals surface area contributed by atoms with Gasteiger partial charge in [-0.05, 0) is 54.1 Å². The minimum Gasteiger partial charge on any atom is -0.489 e. The maximum Gasteiger partial charge on any atom is 0.343 e. The summed E-state index contributed by atoms with van der Waals surface area (Å²) in [4.78, 5) is 11.9. The Bertz CT molecular complexity index is 797. The average molecular weight is 322 g/mol. The summed E-state index contributed by atoms with van der Waals surface area (Å²) in [6.07, 6.45) is 0. The molecular formula is C20H15FO3. The molecule has 0 atom stereocenters. The number of hydrogen-bond donors (Lipinski definition) is 0. The molecule has 120 valence electrons. The number of hydrogen-bond acceptors (Lipinski definition) is 3. The van der Waals surface area contributed by atoms with Crippen molar-refractivity contribution in [2.75, 3.05) is 0 Å². The predicted octanol–water partition coefficient (Wildman–Crippen LogP) is 4.62. The Labute approximate surface area is 139 Å². The average Bonchev–Trinajstić information content (AvgIpc) is 2.62. The zero-order chi connectivity index (χ0) is 16.8. The Balaban J connectivity index is 1.58. The Morgan fingerprint density at radius 1 is 0.792 bits per heavy atom. The fourth-order valence-corrected chi connectivity index (χ4v) is 2.10.